The predicted molar refractivity (Wildman–Crippen MR) is 74.7 cm³/mol. The standard InChI is InChI=1S/C15H22N2O/c1-2-3-12-18-13-5-4-10-17-11-8-14-7-6-9-16-15(14)17/h6-9,11H,2-5,10,12-13H2,1H3. The van der Waals surface area contributed by atoms with Crippen LogP contribution in [0.15, 0.2) is 30.6 Å². The van der Waals surface area contributed by atoms with E-state index in [2.05, 4.69) is 34.8 Å². The van der Waals surface area contributed by atoms with E-state index in [0.717, 1.165) is 38.2 Å². The molecule has 0 N–H and O–H groups in total. The summed E-state index contributed by atoms with van der Waals surface area (Å²) in [6, 6.07) is 6.21. The van der Waals surface area contributed by atoms with Crippen molar-refractivity contribution in [3.8, 4) is 0 Å². The zero-order valence-corrected chi connectivity index (χ0v) is 11.1. The van der Waals surface area contributed by atoms with Crippen molar-refractivity contribution >= 4 is 11.0 Å². The van der Waals surface area contributed by atoms with Crippen molar-refractivity contribution in [1.29, 1.82) is 0 Å². The fourth-order valence-corrected chi connectivity index (χ4v) is 2.04. The maximum atomic E-state index is 5.56. The zero-order valence-electron chi connectivity index (χ0n) is 11.1. The van der Waals surface area contributed by atoms with E-state index in [4.69, 9.17) is 4.74 Å². The van der Waals surface area contributed by atoms with Crippen LogP contribution in [0.25, 0.3) is 11.0 Å². The first-order chi connectivity index (χ1) is 8.92. The van der Waals surface area contributed by atoms with Crippen LogP contribution in [0.1, 0.15) is 32.6 Å². The van der Waals surface area contributed by atoms with Crippen LogP contribution < -0.4 is 0 Å². The monoisotopic (exact) mass is 246 g/mol. The summed E-state index contributed by atoms with van der Waals surface area (Å²) >= 11 is 0. The van der Waals surface area contributed by atoms with Gasteiger partial charge in [-0.05, 0) is 37.5 Å². The number of aryl methyl sites for hydroxylation is 1. The Labute approximate surface area is 109 Å². The highest BCUT2D eigenvalue weighted by molar-refractivity contribution is 5.75. The summed E-state index contributed by atoms with van der Waals surface area (Å²) in [6.45, 7) is 5.00. The van der Waals surface area contributed by atoms with Gasteiger partial charge in [-0.15, -0.1) is 0 Å². The normalized spacial score (nSPS) is 11.2. The number of ether oxygens (including phenoxy) is 1. The Bertz CT molecular complexity index is 464. The van der Waals surface area contributed by atoms with Gasteiger partial charge in [0, 0.05) is 37.5 Å². The summed E-state index contributed by atoms with van der Waals surface area (Å²) in [5.41, 5.74) is 1.09. The molecule has 98 valence electrons. The highest BCUT2D eigenvalue weighted by Gasteiger charge is 2.00. The number of nitrogens with zero attached hydrogens (tertiary/aromatic N) is 2. The van der Waals surface area contributed by atoms with E-state index in [0.29, 0.717) is 0 Å². The quantitative estimate of drug-likeness (QED) is 0.665. The molecule has 0 saturated carbocycles. The highest BCUT2D eigenvalue weighted by atomic mass is 16.5. The number of rotatable bonds is 8. The molecule has 0 aliphatic rings. The predicted octanol–water partition coefficient (Wildman–Crippen LogP) is 3.63. The van der Waals surface area contributed by atoms with E-state index in [-0.39, 0.29) is 0 Å². The zero-order chi connectivity index (χ0) is 12.6. The van der Waals surface area contributed by atoms with Gasteiger partial charge in [0.15, 0.2) is 0 Å². The molecule has 0 aliphatic carbocycles. The van der Waals surface area contributed by atoms with Crippen molar-refractivity contribution < 1.29 is 4.74 Å². The van der Waals surface area contributed by atoms with Crippen molar-refractivity contribution in [3.63, 3.8) is 0 Å². The van der Waals surface area contributed by atoms with Crippen molar-refractivity contribution in [2.45, 2.75) is 39.2 Å². The second-order valence-corrected chi connectivity index (χ2v) is 4.60. The third-order valence-corrected chi connectivity index (χ3v) is 3.10. The SMILES string of the molecule is CCCCOCCCCn1ccc2cccnc21. The molecule has 2 aromatic rings. The lowest BCUT2D eigenvalue weighted by Crippen LogP contribution is -2.01. The first-order valence-electron chi connectivity index (χ1n) is 6.89. The van der Waals surface area contributed by atoms with Crippen LogP contribution >= 0.6 is 0 Å². The molecule has 3 heteroatoms. The Morgan fingerprint density at radius 1 is 1.17 bits per heavy atom. The molecule has 0 fully saturated rings. The smallest absolute Gasteiger partial charge is 0.139 e. The summed E-state index contributed by atoms with van der Waals surface area (Å²) < 4.78 is 7.78. The molecule has 0 radical (unpaired) electrons. The number of aromatic nitrogens is 2. The minimum Gasteiger partial charge on any atom is -0.381 e. The van der Waals surface area contributed by atoms with Gasteiger partial charge in [-0.2, -0.15) is 0 Å². The van der Waals surface area contributed by atoms with Crippen molar-refractivity contribution in [1.82, 2.24) is 9.55 Å². The van der Waals surface area contributed by atoms with Crippen LogP contribution in [0.4, 0.5) is 0 Å². The van der Waals surface area contributed by atoms with Gasteiger partial charge in [-0.1, -0.05) is 13.3 Å². The number of unbranched alkanes of at least 4 members (excludes halogenated alkanes) is 2. The molecule has 2 rings (SSSR count). The second kappa shape index (κ2) is 7.17. The molecule has 2 aromatic heterocycles. The maximum absolute atomic E-state index is 5.56. The van der Waals surface area contributed by atoms with Gasteiger partial charge in [-0.3, -0.25) is 0 Å². The van der Waals surface area contributed by atoms with E-state index >= 15 is 0 Å². The molecule has 3 nitrogen and oxygen atoms in total. The molecule has 0 bridgehead atoms. The fourth-order valence-electron chi connectivity index (χ4n) is 2.04. The molecule has 0 aromatic carbocycles. The molecule has 0 saturated heterocycles. The van der Waals surface area contributed by atoms with E-state index in [9.17, 15) is 0 Å². The third-order valence-electron chi connectivity index (χ3n) is 3.10. The second-order valence-electron chi connectivity index (χ2n) is 4.60. The molecule has 18 heavy (non-hydrogen) atoms. The van der Waals surface area contributed by atoms with Crippen LogP contribution in [-0.4, -0.2) is 22.8 Å². The van der Waals surface area contributed by atoms with Gasteiger partial charge in [0.05, 0.1) is 0 Å². The number of hydrogen-bond acceptors (Lipinski definition) is 2. The highest BCUT2D eigenvalue weighted by Crippen LogP contribution is 2.12. The topological polar surface area (TPSA) is 27.1 Å². The van der Waals surface area contributed by atoms with Gasteiger partial charge in [-0.25, -0.2) is 4.98 Å². The van der Waals surface area contributed by atoms with Crippen molar-refractivity contribution in [2.24, 2.45) is 0 Å². The van der Waals surface area contributed by atoms with Crippen LogP contribution in [0, 0.1) is 0 Å². The Kier molecular flexibility index (Phi) is 5.21. The van der Waals surface area contributed by atoms with Gasteiger partial charge < -0.3 is 9.30 Å². The average molecular weight is 246 g/mol. The largest absolute Gasteiger partial charge is 0.381 e. The Morgan fingerprint density at radius 2 is 2.06 bits per heavy atom. The van der Waals surface area contributed by atoms with Crippen molar-refractivity contribution in [3.05, 3.63) is 30.6 Å². The molecule has 0 aliphatic heterocycles. The van der Waals surface area contributed by atoms with Crippen LogP contribution in [0.2, 0.25) is 0 Å². The van der Waals surface area contributed by atoms with Crippen LogP contribution in [0.5, 0.6) is 0 Å². The lowest BCUT2D eigenvalue weighted by Gasteiger charge is -2.05. The Hall–Kier alpha value is -1.35. The fraction of sp³-hybridized carbons (Fsp3) is 0.533. The van der Waals surface area contributed by atoms with Crippen molar-refractivity contribution in [2.75, 3.05) is 13.2 Å². The Morgan fingerprint density at radius 3 is 2.94 bits per heavy atom. The van der Waals surface area contributed by atoms with Gasteiger partial charge in [0.25, 0.3) is 0 Å². The minimum atomic E-state index is 0.882. The van der Waals surface area contributed by atoms with E-state index < -0.39 is 0 Å². The minimum absolute atomic E-state index is 0.882. The molecule has 0 spiro atoms. The molecule has 0 unspecified atom stereocenters. The van der Waals surface area contributed by atoms with Gasteiger partial charge >= 0.3 is 0 Å². The lowest BCUT2D eigenvalue weighted by atomic mass is 10.3. The van der Waals surface area contributed by atoms with Crippen LogP contribution in [0.3, 0.4) is 0 Å². The summed E-state index contributed by atoms with van der Waals surface area (Å²) in [6.07, 6.45) is 8.62. The summed E-state index contributed by atoms with van der Waals surface area (Å²) in [4.78, 5) is 4.41. The maximum Gasteiger partial charge on any atom is 0.139 e. The van der Waals surface area contributed by atoms with Crippen LogP contribution in [-0.2, 0) is 11.3 Å². The first kappa shape index (κ1) is 13.1. The first-order valence-corrected chi connectivity index (χ1v) is 6.89. The number of hydrogen-bond donors (Lipinski definition) is 0. The third kappa shape index (κ3) is 3.57. The summed E-state index contributed by atoms with van der Waals surface area (Å²) in [7, 11) is 0. The number of pyridine rings is 1. The van der Waals surface area contributed by atoms with E-state index in [1.165, 1.54) is 18.2 Å². The number of fused-ring (bicyclic) bond motifs is 1. The van der Waals surface area contributed by atoms with Gasteiger partial charge in [0.2, 0.25) is 0 Å². The Balaban J connectivity index is 1.70. The average Bonchev–Trinajstić information content (AvgIpc) is 2.81. The summed E-state index contributed by atoms with van der Waals surface area (Å²) in [5, 5.41) is 1.22. The van der Waals surface area contributed by atoms with Gasteiger partial charge in [0.1, 0.15) is 5.65 Å². The molecule has 0 amide bonds. The van der Waals surface area contributed by atoms with E-state index in [1.54, 1.807) is 0 Å². The van der Waals surface area contributed by atoms with E-state index in [1.807, 2.05) is 12.3 Å². The molecule has 2 heterocycles. The molecular formula is C15H22N2O. The summed E-state index contributed by atoms with van der Waals surface area (Å²) in [5.74, 6) is 0. The molecular weight excluding hydrogens is 224 g/mol. The molecule has 0 atom stereocenters. The lowest BCUT2D eigenvalue weighted by molar-refractivity contribution is 0.127.